The minimum absolute atomic E-state index is 0.00193. The Morgan fingerprint density at radius 1 is 0.935 bits per heavy atom. The van der Waals surface area contributed by atoms with Crippen LogP contribution in [-0.2, 0) is 27.4 Å². The quantitative estimate of drug-likeness (QED) is 0.435. The number of aliphatic hydroxyl groups is 1. The lowest BCUT2D eigenvalue weighted by molar-refractivity contribution is -0.142. The average Bonchev–Trinajstić information content (AvgIpc) is 2.76. The smallest absolute Gasteiger partial charge is 0.408 e. The third kappa shape index (κ3) is 8.47. The molecule has 0 unspecified atom stereocenters. The molecule has 0 aromatic heterocycles. The summed E-state index contributed by atoms with van der Waals surface area (Å²) in [5, 5.41) is 24.0. The number of benzene rings is 2. The van der Waals surface area contributed by atoms with E-state index in [0.717, 1.165) is 11.1 Å². The number of aliphatic hydroxyl groups excluding tert-OH is 1. The van der Waals surface area contributed by atoms with Gasteiger partial charge in [0.05, 0.1) is 6.10 Å². The van der Waals surface area contributed by atoms with Crippen LogP contribution >= 0.6 is 0 Å². The van der Waals surface area contributed by atoms with Gasteiger partial charge in [0.25, 0.3) is 0 Å². The number of carbonyl (C=O) groups excluding carboxylic acids is 2. The number of aliphatic carboxylic acids is 1. The van der Waals surface area contributed by atoms with Crippen molar-refractivity contribution < 1.29 is 29.3 Å². The van der Waals surface area contributed by atoms with Gasteiger partial charge in [-0.15, -0.1) is 0 Å². The van der Waals surface area contributed by atoms with E-state index in [4.69, 9.17) is 4.74 Å². The third-order valence-corrected chi connectivity index (χ3v) is 4.67. The van der Waals surface area contributed by atoms with Crippen LogP contribution in [0.4, 0.5) is 4.79 Å². The first-order valence-corrected chi connectivity index (χ1v) is 10.1. The van der Waals surface area contributed by atoms with Gasteiger partial charge in [-0.05, 0) is 37.3 Å². The summed E-state index contributed by atoms with van der Waals surface area (Å²) in [6.45, 7) is 1.32. The maximum atomic E-state index is 12.5. The second-order valence-corrected chi connectivity index (χ2v) is 7.20. The van der Waals surface area contributed by atoms with Crippen LogP contribution in [0, 0.1) is 0 Å². The van der Waals surface area contributed by atoms with Crippen molar-refractivity contribution in [1.82, 2.24) is 10.6 Å². The molecule has 166 valence electrons. The second kappa shape index (κ2) is 12.3. The number of rotatable bonds is 11. The molecule has 0 saturated carbocycles. The Kier molecular flexibility index (Phi) is 9.51. The molecule has 2 amide bonds. The molecular weight excluding hydrogens is 400 g/mol. The van der Waals surface area contributed by atoms with Gasteiger partial charge in [0.15, 0.2) is 0 Å². The van der Waals surface area contributed by atoms with Gasteiger partial charge >= 0.3 is 12.1 Å². The highest BCUT2D eigenvalue weighted by Crippen LogP contribution is 2.08. The lowest BCUT2D eigenvalue weighted by atomic mass is 10.0. The Morgan fingerprint density at radius 3 is 2.06 bits per heavy atom. The van der Waals surface area contributed by atoms with E-state index >= 15 is 0 Å². The van der Waals surface area contributed by atoms with Crippen LogP contribution in [0.3, 0.4) is 0 Å². The molecule has 2 rings (SSSR count). The summed E-state index contributed by atoms with van der Waals surface area (Å²) < 4.78 is 5.07. The Balaban J connectivity index is 1.87. The first-order chi connectivity index (χ1) is 14.9. The third-order valence-electron chi connectivity index (χ3n) is 4.67. The predicted molar refractivity (Wildman–Crippen MR) is 114 cm³/mol. The molecule has 2 aromatic rings. The maximum Gasteiger partial charge on any atom is 0.408 e. The number of carboxylic acids is 1. The fourth-order valence-electron chi connectivity index (χ4n) is 2.97. The van der Waals surface area contributed by atoms with Crippen LogP contribution < -0.4 is 10.6 Å². The summed E-state index contributed by atoms with van der Waals surface area (Å²) in [5.74, 6) is -1.98. The van der Waals surface area contributed by atoms with Gasteiger partial charge < -0.3 is 25.6 Å². The molecule has 0 fully saturated rings. The highest BCUT2D eigenvalue weighted by Gasteiger charge is 2.30. The monoisotopic (exact) mass is 428 g/mol. The first kappa shape index (κ1) is 23.9. The van der Waals surface area contributed by atoms with Crippen LogP contribution in [0.1, 0.15) is 30.9 Å². The van der Waals surface area contributed by atoms with Crippen molar-refractivity contribution in [2.45, 2.75) is 51.0 Å². The van der Waals surface area contributed by atoms with Crippen LogP contribution in [0.5, 0.6) is 0 Å². The first-order valence-electron chi connectivity index (χ1n) is 10.1. The fourth-order valence-corrected chi connectivity index (χ4v) is 2.97. The molecule has 0 spiro atoms. The van der Waals surface area contributed by atoms with Crippen molar-refractivity contribution in [2.24, 2.45) is 0 Å². The normalized spacial score (nSPS) is 13.5. The van der Waals surface area contributed by atoms with E-state index in [0.29, 0.717) is 12.8 Å². The minimum atomic E-state index is -1.35. The van der Waals surface area contributed by atoms with E-state index < -0.39 is 36.2 Å². The molecular formula is C23H28N2O6. The van der Waals surface area contributed by atoms with Gasteiger partial charge in [-0.25, -0.2) is 9.59 Å². The molecule has 0 aliphatic rings. The number of hydrogen-bond acceptors (Lipinski definition) is 5. The molecule has 4 N–H and O–H groups in total. The van der Waals surface area contributed by atoms with Gasteiger partial charge in [0.1, 0.15) is 18.7 Å². The zero-order valence-corrected chi connectivity index (χ0v) is 17.4. The van der Waals surface area contributed by atoms with Gasteiger partial charge in [-0.1, -0.05) is 60.7 Å². The van der Waals surface area contributed by atoms with E-state index in [-0.39, 0.29) is 13.0 Å². The molecule has 0 aliphatic heterocycles. The van der Waals surface area contributed by atoms with Crippen molar-refractivity contribution in [2.75, 3.05) is 0 Å². The molecule has 8 nitrogen and oxygen atoms in total. The second-order valence-electron chi connectivity index (χ2n) is 7.20. The lowest BCUT2D eigenvalue weighted by Gasteiger charge is -2.23. The Labute approximate surface area is 181 Å². The number of hydrogen-bond donors (Lipinski definition) is 4. The zero-order chi connectivity index (χ0) is 22.6. The number of alkyl carbamates (subject to hydrolysis) is 1. The number of carboxylic acid groups (broad SMARTS) is 1. The van der Waals surface area contributed by atoms with E-state index in [9.17, 15) is 24.6 Å². The summed E-state index contributed by atoms with van der Waals surface area (Å²) in [6.07, 6.45) is -0.706. The molecule has 31 heavy (non-hydrogen) atoms. The van der Waals surface area contributed by atoms with Crippen molar-refractivity contribution >= 4 is 18.0 Å². The van der Waals surface area contributed by atoms with Crippen LogP contribution in [0.15, 0.2) is 60.7 Å². The van der Waals surface area contributed by atoms with Gasteiger partial charge in [-0.2, -0.15) is 0 Å². The summed E-state index contributed by atoms with van der Waals surface area (Å²) >= 11 is 0. The molecule has 0 radical (unpaired) electrons. The molecule has 0 saturated heterocycles. The number of amides is 2. The molecule has 0 heterocycles. The maximum absolute atomic E-state index is 12.5. The highest BCUT2D eigenvalue weighted by atomic mass is 16.5. The topological polar surface area (TPSA) is 125 Å². The average molecular weight is 428 g/mol. The predicted octanol–water partition coefficient (Wildman–Crippen LogP) is 2.25. The van der Waals surface area contributed by atoms with E-state index in [2.05, 4.69) is 10.6 Å². The van der Waals surface area contributed by atoms with E-state index in [1.807, 2.05) is 36.4 Å². The van der Waals surface area contributed by atoms with Crippen molar-refractivity contribution in [3.63, 3.8) is 0 Å². The number of carbonyl (C=O) groups is 3. The highest BCUT2D eigenvalue weighted by molar-refractivity contribution is 5.89. The molecule has 3 atom stereocenters. The van der Waals surface area contributed by atoms with Crippen LogP contribution in [0.25, 0.3) is 0 Å². The van der Waals surface area contributed by atoms with Crippen molar-refractivity contribution in [1.29, 1.82) is 0 Å². The SMILES string of the molecule is C[C@@H](O)[C@H](NC(=O)OCc1ccccc1)C(=O)N[C@H](CCCc1ccccc1)C(=O)O. The molecule has 8 heteroatoms. The number of ether oxygens (including phenoxy) is 1. The lowest BCUT2D eigenvalue weighted by Crippen LogP contribution is -2.55. The van der Waals surface area contributed by atoms with E-state index in [1.165, 1.54) is 6.92 Å². The summed E-state index contributed by atoms with van der Waals surface area (Å²) in [4.78, 5) is 36.1. The van der Waals surface area contributed by atoms with Gasteiger partial charge in [0, 0.05) is 0 Å². The van der Waals surface area contributed by atoms with Gasteiger partial charge in [0.2, 0.25) is 5.91 Å². The fraction of sp³-hybridized carbons (Fsp3) is 0.348. The van der Waals surface area contributed by atoms with Crippen LogP contribution in [-0.4, -0.2) is 46.4 Å². The summed E-state index contributed by atoms with van der Waals surface area (Å²) in [7, 11) is 0. The van der Waals surface area contributed by atoms with Crippen molar-refractivity contribution in [3.8, 4) is 0 Å². The standard InChI is InChI=1S/C23H28N2O6/c1-16(26)20(25-23(30)31-15-18-11-6-3-7-12-18)21(27)24-19(22(28)29)14-8-13-17-9-4-2-5-10-17/h2-7,9-12,16,19-20,26H,8,13-15H2,1H3,(H,24,27)(H,25,30)(H,28,29)/t16-,19-,20+/m1/s1. The number of nitrogens with one attached hydrogen (secondary N) is 2. The largest absolute Gasteiger partial charge is 0.480 e. The van der Waals surface area contributed by atoms with Gasteiger partial charge in [-0.3, -0.25) is 4.79 Å². The van der Waals surface area contributed by atoms with Crippen molar-refractivity contribution in [3.05, 3.63) is 71.8 Å². The van der Waals surface area contributed by atoms with Crippen LogP contribution in [0.2, 0.25) is 0 Å². The minimum Gasteiger partial charge on any atom is -0.480 e. The Hall–Kier alpha value is -3.39. The molecule has 2 aromatic carbocycles. The summed E-state index contributed by atoms with van der Waals surface area (Å²) in [5.41, 5.74) is 1.84. The zero-order valence-electron chi connectivity index (χ0n) is 17.4. The summed E-state index contributed by atoms with van der Waals surface area (Å²) in [6, 6.07) is 16.1. The van der Waals surface area contributed by atoms with E-state index in [1.54, 1.807) is 24.3 Å². The Bertz CT molecular complexity index is 842. The number of aryl methyl sites for hydroxylation is 1. The Morgan fingerprint density at radius 2 is 1.52 bits per heavy atom. The molecule has 0 bridgehead atoms. The molecule has 0 aliphatic carbocycles.